The first-order chi connectivity index (χ1) is 9.19. The number of anilines is 1. The Morgan fingerprint density at radius 1 is 1.58 bits per heavy atom. The average molecular weight is 261 g/mol. The molecule has 1 aromatic heterocycles. The van der Waals surface area contributed by atoms with Gasteiger partial charge in [0.2, 0.25) is 5.95 Å². The van der Waals surface area contributed by atoms with E-state index < -0.39 is 4.92 Å². The molecule has 1 aliphatic rings. The van der Waals surface area contributed by atoms with E-state index in [0.717, 1.165) is 30.9 Å². The topological polar surface area (TPSA) is 101 Å². The van der Waals surface area contributed by atoms with Crippen LogP contribution in [0.1, 0.15) is 12.8 Å². The third kappa shape index (κ3) is 2.01. The third-order valence-electron chi connectivity index (χ3n) is 3.59. The van der Waals surface area contributed by atoms with Crippen LogP contribution in [0.3, 0.4) is 0 Å². The molecule has 0 unspecified atom stereocenters. The molecule has 0 bridgehead atoms. The number of non-ortho nitro benzene ring substituents is 1. The van der Waals surface area contributed by atoms with E-state index in [4.69, 9.17) is 5.73 Å². The summed E-state index contributed by atoms with van der Waals surface area (Å²) < 4.78 is 0. The number of aromatic nitrogens is 2. The second-order valence-electron chi connectivity index (χ2n) is 4.74. The van der Waals surface area contributed by atoms with Gasteiger partial charge in [-0.05, 0) is 18.9 Å². The van der Waals surface area contributed by atoms with Gasteiger partial charge in [-0.15, -0.1) is 0 Å². The number of nitro groups is 1. The van der Waals surface area contributed by atoms with Gasteiger partial charge in [0.15, 0.2) is 0 Å². The highest BCUT2D eigenvalue weighted by Crippen LogP contribution is 2.26. The third-order valence-corrected chi connectivity index (χ3v) is 3.59. The molecule has 1 saturated heterocycles. The van der Waals surface area contributed by atoms with Gasteiger partial charge in [-0.1, -0.05) is 0 Å². The maximum absolute atomic E-state index is 10.8. The van der Waals surface area contributed by atoms with Crippen molar-refractivity contribution in [2.45, 2.75) is 18.9 Å². The van der Waals surface area contributed by atoms with Crippen LogP contribution in [0.2, 0.25) is 0 Å². The molecule has 0 amide bonds. The molecule has 1 aromatic carbocycles. The molecule has 7 nitrogen and oxygen atoms in total. The summed E-state index contributed by atoms with van der Waals surface area (Å²) in [4.78, 5) is 20.1. The Morgan fingerprint density at radius 2 is 2.42 bits per heavy atom. The van der Waals surface area contributed by atoms with Crippen molar-refractivity contribution in [3.8, 4) is 0 Å². The van der Waals surface area contributed by atoms with Crippen molar-refractivity contribution in [1.82, 2.24) is 9.97 Å². The Kier molecular flexibility index (Phi) is 2.83. The number of hydrogen-bond acceptors (Lipinski definition) is 5. The van der Waals surface area contributed by atoms with E-state index in [9.17, 15) is 10.1 Å². The van der Waals surface area contributed by atoms with Gasteiger partial charge in [-0.25, -0.2) is 4.98 Å². The number of nitro benzene ring substituents is 1. The van der Waals surface area contributed by atoms with Gasteiger partial charge in [0.1, 0.15) is 0 Å². The van der Waals surface area contributed by atoms with Crippen LogP contribution in [0.4, 0.5) is 11.6 Å². The van der Waals surface area contributed by atoms with E-state index in [1.807, 2.05) is 0 Å². The molecule has 3 rings (SSSR count). The van der Waals surface area contributed by atoms with Gasteiger partial charge in [0.05, 0.1) is 16.0 Å². The first-order valence-corrected chi connectivity index (χ1v) is 6.30. The molecule has 3 N–H and O–H groups in total. The number of benzene rings is 1. The molecule has 2 aromatic rings. The lowest BCUT2D eigenvalue weighted by Crippen LogP contribution is -2.36. The highest BCUT2D eigenvalue weighted by atomic mass is 16.6. The lowest BCUT2D eigenvalue weighted by molar-refractivity contribution is -0.384. The predicted molar refractivity (Wildman–Crippen MR) is 72.2 cm³/mol. The van der Waals surface area contributed by atoms with E-state index in [2.05, 4.69) is 14.9 Å². The number of nitrogens with two attached hydrogens (primary N) is 1. The summed E-state index contributed by atoms with van der Waals surface area (Å²) in [6.45, 7) is 1.51. The molecular weight excluding hydrogens is 246 g/mol. The van der Waals surface area contributed by atoms with Gasteiger partial charge < -0.3 is 15.6 Å². The molecule has 1 atom stereocenters. The normalized spacial score (nSPS) is 19.2. The largest absolute Gasteiger partial charge is 0.338 e. The number of rotatable bonds is 3. The number of H-pyrrole nitrogens is 1. The lowest BCUT2D eigenvalue weighted by Gasteiger charge is -2.22. The van der Waals surface area contributed by atoms with Crippen LogP contribution >= 0.6 is 0 Å². The maximum atomic E-state index is 10.8. The molecular formula is C12H15N5O2. The number of nitrogens with zero attached hydrogens (tertiary/aromatic N) is 3. The van der Waals surface area contributed by atoms with Gasteiger partial charge >= 0.3 is 0 Å². The van der Waals surface area contributed by atoms with Crippen molar-refractivity contribution in [3.63, 3.8) is 0 Å². The molecule has 2 heterocycles. The first-order valence-electron chi connectivity index (χ1n) is 6.30. The van der Waals surface area contributed by atoms with E-state index in [-0.39, 0.29) is 5.69 Å². The molecule has 0 spiro atoms. The molecule has 100 valence electrons. The zero-order valence-corrected chi connectivity index (χ0v) is 10.4. The molecule has 1 aliphatic heterocycles. The minimum atomic E-state index is -0.404. The van der Waals surface area contributed by atoms with Crippen LogP contribution in [0, 0.1) is 10.1 Å². The van der Waals surface area contributed by atoms with Crippen LogP contribution in [0.5, 0.6) is 0 Å². The summed E-state index contributed by atoms with van der Waals surface area (Å²) in [5.41, 5.74) is 7.24. The minimum Gasteiger partial charge on any atom is -0.338 e. The van der Waals surface area contributed by atoms with Crippen molar-refractivity contribution in [1.29, 1.82) is 0 Å². The van der Waals surface area contributed by atoms with Crippen molar-refractivity contribution in [2.24, 2.45) is 5.73 Å². The van der Waals surface area contributed by atoms with Crippen molar-refractivity contribution >= 4 is 22.7 Å². The Bertz CT molecular complexity index is 624. The summed E-state index contributed by atoms with van der Waals surface area (Å²) in [5.74, 6) is 0.753. The first kappa shape index (κ1) is 11.9. The summed E-state index contributed by atoms with van der Waals surface area (Å²) in [7, 11) is 0. The molecule has 19 heavy (non-hydrogen) atoms. The zero-order valence-electron chi connectivity index (χ0n) is 10.4. The van der Waals surface area contributed by atoms with E-state index in [0.29, 0.717) is 18.1 Å². The van der Waals surface area contributed by atoms with Crippen LogP contribution < -0.4 is 10.6 Å². The Labute approximate surface area is 109 Å². The molecule has 1 fully saturated rings. The maximum Gasteiger partial charge on any atom is 0.271 e. The Hall–Kier alpha value is -2.15. The fourth-order valence-electron chi connectivity index (χ4n) is 2.59. The monoisotopic (exact) mass is 261 g/mol. The zero-order chi connectivity index (χ0) is 13.4. The number of hydrogen-bond donors (Lipinski definition) is 2. The van der Waals surface area contributed by atoms with E-state index in [1.54, 1.807) is 6.07 Å². The van der Waals surface area contributed by atoms with Crippen LogP contribution in [0.25, 0.3) is 11.0 Å². The summed E-state index contributed by atoms with van der Waals surface area (Å²) in [6, 6.07) is 4.95. The molecule has 7 heteroatoms. The smallest absolute Gasteiger partial charge is 0.271 e. The van der Waals surface area contributed by atoms with E-state index >= 15 is 0 Å². The fourth-order valence-corrected chi connectivity index (χ4v) is 2.59. The van der Waals surface area contributed by atoms with Gasteiger partial charge in [0, 0.05) is 31.3 Å². The van der Waals surface area contributed by atoms with Crippen molar-refractivity contribution in [3.05, 3.63) is 28.3 Å². The van der Waals surface area contributed by atoms with E-state index in [1.165, 1.54) is 12.1 Å². The predicted octanol–water partition coefficient (Wildman–Crippen LogP) is 1.40. The molecule has 0 aliphatic carbocycles. The quantitative estimate of drug-likeness (QED) is 0.642. The second-order valence-corrected chi connectivity index (χ2v) is 4.74. The number of nitrogens with one attached hydrogen (secondary N) is 1. The van der Waals surface area contributed by atoms with Gasteiger partial charge in [-0.2, -0.15) is 0 Å². The van der Waals surface area contributed by atoms with Crippen LogP contribution in [-0.2, 0) is 0 Å². The minimum absolute atomic E-state index is 0.0690. The number of imidazole rings is 1. The standard InChI is InChI=1S/C12H15N5O2/c13-7-9-2-1-5-16(9)12-14-10-4-3-8(17(18)19)6-11(10)15-12/h3-4,6,9H,1-2,5,7,13H2,(H,14,15)/t9-/m0/s1. The fraction of sp³-hybridized carbons (Fsp3) is 0.417. The Balaban J connectivity index is 1.99. The van der Waals surface area contributed by atoms with Crippen molar-refractivity contribution in [2.75, 3.05) is 18.0 Å². The van der Waals surface area contributed by atoms with Gasteiger partial charge in [-0.3, -0.25) is 10.1 Å². The SMILES string of the molecule is NC[C@@H]1CCCN1c1nc2ccc([N+](=O)[O-])cc2[nH]1. The van der Waals surface area contributed by atoms with Crippen molar-refractivity contribution < 1.29 is 4.92 Å². The number of aromatic amines is 1. The number of fused-ring (bicyclic) bond motifs is 1. The Morgan fingerprint density at radius 3 is 3.16 bits per heavy atom. The highest BCUT2D eigenvalue weighted by Gasteiger charge is 2.25. The molecule has 0 saturated carbocycles. The summed E-state index contributed by atoms with van der Waals surface area (Å²) >= 11 is 0. The highest BCUT2D eigenvalue weighted by molar-refractivity contribution is 5.80. The average Bonchev–Trinajstić information content (AvgIpc) is 3.03. The second kappa shape index (κ2) is 4.51. The van der Waals surface area contributed by atoms with Gasteiger partial charge in [0.25, 0.3) is 5.69 Å². The summed E-state index contributed by atoms with van der Waals surface area (Å²) in [5, 5.41) is 10.8. The van der Waals surface area contributed by atoms with Crippen LogP contribution in [0.15, 0.2) is 18.2 Å². The van der Waals surface area contributed by atoms with Crippen LogP contribution in [-0.4, -0.2) is 34.0 Å². The lowest BCUT2D eigenvalue weighted by atomic mass is 10.2. The summed E-state index contributed by atoms with van der Waals surface area (Å²) in [6.07, 6.45) is 2.16. The molecule has 0 radical (unpaired) electrons.